The van der Waals surface area contributed by atoms with E-state index in [-0.39, 0.29) is 24.0 Å². The Balaban J connectivity index is 1.90. The van der Waals surface area contributed by atoms with E-state index >= 15 is 0 Å². The first-order valence-corrected chi connectivity index (χ1v) is 8.67. The monoisotopic (exact) mass is 357 g/mol. The molecular weight excluding hydrogens is 334 g/mol. The molecule has 3 N–H and O–H groups in total. The van der Waals surface area contributed by atoms with Crippen LogP contribution in [0.4, 0.5) is 0 Å². The minimum absolute atomic E-state index is 0.00625. The Bertz CT molecular complexity index is 850. The zero-order chi connectivity index (χ0) is 18.8. The third kappa shape index (κ3) is 3.71. The molecule has 0 spiro atoms. The standard InChI is InChI=1S/C19H23N3O4/c1-10(2)26-16-8-14-12(7-15(16)17(20)23)4-5-21-19(14)25-9-13-6-11(3)18(24)22-13/h4-5,7-8,10-11,13H,6,9H2,1-3H3,(H2,20,23)(H,22,24)/t11-,13-/m0/s1. The van der Waals surface area contributed by atoms with Crippen molar-refractivity contribution in [3.05, 3.63) is 30.0 Å². The quantitative estimate of drug-likeness (QED) is 0.823. The van der Waals surface area contributed by atoms with Crippen LogP contribution in [0.2, 0.25) is 0 Å². The number of fused-ring (bicyclic) bond motifs is 1. The first-order chi connectivity index (χ1) is 12.3. The van der Waals surface area contributed by atoms with E-state index in [9.17, 15) is 9.59 Å². The van der Waals surface area contributed by atoms with Crippen LogP contribution in [0.5, 0.6) is 11.6 Å². The molecule has 1 saturated heterocycles. The molecule has 26 heavy (non-hydrogen) atoms. The van der Waals surface area contributed by atoms with Gasteiger partial charge in [-0.3, -0.25) is 9.59 Å². The normalized spacial score (nSPS) is 19.6. The lowest BCUT2D eigenvalue weighted by atomic mass is 10.1. The van der Waals surface area contributed by atoms with Gasteiger partial charge < -0.3 is 20.5 Å². The number of hydrogen-bond donors (Lipinski definition) is 2. The minimum atomic E-state index is -0.551. The average Bonchev–Trinajstić information content (AvgIpc) is 2.89. The number of nitrogens with zero attached hydrogens (tertiary/aromatic N) is 1. The highest BCUT2D eigenvalue weighted by Gasteiger charge is 2.28. The Labute approximate surface area is 151 Å². The summed E-state index contributed by atoms with van der Waals surface area (Å²) in [4.78, 5) is 27.7. The molecule has 1 aromatic heterocycles. The van der Waals surface area contributed by atoms with Crippen molar-refractivity contribution in [2.75, 3.05) is 6.61 Å². The smallest absolute Gasteiger partial charge is 0.252 e. The Morgan fingerprint density at radius 2 is 2.19 bits per heavy atom. The predicted molar refractivity (Wildman–Crippen MR) is 97.2 cm³/mol. The lowest BCUT2D eigenvalue weighted by molar-refractivity contribution is -0.122. The number of carbonyl (C=O) groups excluding carboxylic acids is 2. The van der Waals surface area contributed by atoms with Crippen LogP contribution in [0.3, 0.4) is 0 Å². The fourth-order valence-corrected chi connectivity index (χ4v) is 3.06. The number of amides is 2. The fourth-order valence-electron chi connectivity index (χ4n) is 3.06. The minimum Gasteiger partial charge on any atom is -0.490 e. The van der Waals surface area contributed by atoms with E-state index in [2.05, 4.69) is 10.3 Å². The van der Waals surface area contributed by atoms with Crippen LogP contribution < -0.4 is 20.5 Å². The molecule has 3 rings (SSSR count). The van der Waals surface area contributed by atoms with Gasteiger partial charge in [0.25, 0.3) is 5.91 Å². The van der Waals surface area contributed by atoms with Crippen molar-refractivity contribution < 1.29 is 19.1 Å². The van der Waals surface area contributed by atoms with Crippen LogP contribution in [0.25, 0.3) is 10.8 Å². The van der Waals surface area contributed by atoms with Crippen LogP contribution in [0.15, 0.2) is 24.4 Å². The number of hydrogen-bond acceptors (Lipinski definition) is 5. The molecule has 0 saturated carbocycles. The Hall–Kier alpha value is -2.83. The highest BCUT2D eigenvalue weighted by atomic mass is 16.5. The molecule has 7 nitrogen and oxygen atoms in total. The molecule has 0 bridgehead atoms. The zero-order valence-electron chi connectivity index (χ0n) is 15.1. The molecule has 1 aliphatic heterocycles. The number of benzene rings is 1. The van der Waals surface area contributed by atoms with Crippen LogP contribution in [0, 0.1) is 5.92 Å². The van der Waals surface area contributed by atoms with Gasteiger partial charge in [0.15, 0.2) is 0 Å². The van der Waals surface area contributed by atoms with Crippen LogP contribution in [0.1, 0.15) is 37.6 Å². The summed E-state index contributed by atoms with van der Waals surface area (Å²) in [6.07, 6.45) is 2.24. The van der Waals surface area contributed by atoms with Crippen molar-refractivity contribution in [3.8, 4) is 11.6 Å². The van der Waals surface area contributed by atoms with Gasteiger partial charge in [-0.15, -0.1) is 0 Å². The summed E-state index contributed by atoms with van der Waals surface area (Å²) in [7, 11) is 0. The van der Waals surface area contributed by atoms with E-state index < -0.39 is 5.91 Å². The lowest BCUT2D eigenvalue weighted by Gasteiger charge is -2.16. The number of primary amides is 1. The van der Waals surface area contributed by atoms with E-state index in [1.165, 1.54) is 0 Å². The summed E-state index contributed by atoms with van der Waals surface area (Å²) < 4.78 is 11.6. The third-order valence-corrected chi connectivity index (χ3v) is 4.31. The van der Waals surface area contributed by atoms with Crippen molar-refractivity contribution in [2.45, 2.75) is 39.3 Å². The molecular formula is C19H23N3O4. The zero-order valence-corrected chi connectivity index (χ0v) is 15.1. The number of nitrogens with two attached hydrogens (primary N) is 1. The van der Waals surface area contributed by atoms with Crippen LogP contribution >= 0.6 is 0 Å². The number of carbonyl (C=O) groups is 2. The Morgan fingerprint density at radius 1 is 1.42 bits per heavy atom. The number of ether oxygens (including phenoxy) is 2. The summed E-state index contributed by atoms with van der Waals surface area (Å²) >= 11 is 0. The molecule has 7 heteroatoms. The highest BCUT2D eigenvalue weighted by Crippen LogP contribution is 2.31. The largest absolute Gasteiger partial charge is 0.490 e. The molecule has 1 aliphatic rings. The second kappa shape index (κ2) is 7.19. The molecule has 0 unspecified atom stereocenters. The molecule has 2 aromatic rings. The molecule has 2 heterocycles. The Kier molecular flexibility index (Phi) is 4.97. The van der Waals surface area contributed by atoms with Crippen molar-refractivity contribution in [3.63, 3.8) is 0 Å². The molecule has 2 amide bonds. The van der Waals surface area contributed by atoms with Crippen molar-refractivity contribution >= 4 is 22.6 Å². The van der Waals surface area contributed by atoms with Crippen LogP contribution in [-0.2, 0) is 4.79 Å². The lowest BCUT2D eigenvalue weighted by Crippen LogP contribution is -2.31. The maximum Gasteiger partial charge on any atom is 0.252 e. The van der Waals surface area contributed by atoms with Gasteiger partial charge in [-0.1, -0.05) is 6.92 Å². The van der Waals surface area contributed by atoms with E-state index in [4.69, 9.17) is 15.2 Å². The predicted octanol–water partition coefficient (Wildman–Crippen LogP) is 2.02. The van der Waals surface area contributed by atoms with E-state index in [0.29, 0.717) is 23.8 Å². The van der Waals surface area contributed by atoms with Crippen molar-refractivity contribution in [2.24, 2.45) is 11.7 Å². The van der Waals surface area contributed by atoms with Gasteiger partial charge in [-0.2, -0.15) is 0 Å². The summed E-state index contributed by atoms with van der Waals surface area (Å²) in [6, 6.07) is 5.16. The van der Waals surface area contributed by atoms with Gasteiger partial charge in [0, 0.05) is 17.5 Å². The second-order valence-electron chi connectivity index (χ2n) is 6.87. The second-order valence-corrected chi connectivity index (χ2v) is 6.87. The summed E-state index contributed by atoms with van der Waals surface area (Å²) in [6.45, 7) is 5.98. The maximum absolute atomic E-state index is 11.7. The first kappa shape index (κ1) is 18.0. The van der Waals surface area contributed by atoms with Crippen LogP contribution in [-0.4, -0.2) is 35.6 Å². The number of aromatic nitrogens is 1. The summed E-state index contributed by atoms with van der Waals surface area (Å²) in [5.74, 6) is 0.322. The first-order valence-electron chi connectivity index (χ1n) is 8.67. The van der Waals surface area contributed by atoms with E-state index in [1.54, 1.807) is 24.4 Å². The highest BCUT2D eigenvalue weighted by molar-refractivity contribution is 6.01. The average molecular weight is 357 g/mol. The molecule has 0 aliphatic carbocycles. The SMILES string of the molecule is CC(C)Oc1cc2c(OC[C@@H]3C[C@H](C)C(=O)N3)nccc2cc1C(N)=O. The molecule has 2 atom stereocenters. The molecule has 0 radical (unpaired) electrons. The van der Waals surface area contributed by atoms with Gasteiger partial charge in [0.2, 0.25) is 11.8 Å². The van der Waals surface area contributed by atoms with Gasteiger partial charge >= 0.3 is 0 Å². The maximum atomic E-state index is 11.7. The van der Waals surface area contributed by atoms with Gasteiger partial charge in [-0.05, 0) is 43.9 Å². The fraction of sp³-hybridized carbons (Fsp3) is 0.421. The number of nitrogens with one attached hydrogen (secondary N) is 1. The summed E-state index contributed by atoms with van der Waals surface area (Å²) in [5.41, 5.74) is 5.80. The van der Waals surface area contributed by atoms with Gasteiger partial charge in [0.05, 0.1) is 17.7 Å². The van der Waals surface area contributed by atoms with E-state index in [0.717, 1.165) is 17.2 Å². The number of pyridine rings is 1. The molecule has 138 valence electrons. The Morgan fingerprint density at radius 3 is 2.81 bits per heavy atom. The van der Waals surface area contributed by atoms with Gasteiger partial charge in [-0.25, -0.2) is 4.98 Å². The molecule has 1 aromatic carbocycles. The topological polar surface area (TPSA) is 104 Å². The third-order valence-electron chi connectivity index (χ3n) is 4.31. The molecule has 1 fully saturated rings. The van der Waals surface area contributed by atoms with Crippen molar-refractivity contribution in [1.29, 1.82) is 0 Å². The van der Waals surface area contributed by atoms with Crippen molar-refractivity contribution in [1.82, 2.24) is 10.3 Å². The summed E-state index contributed by atoms with van der Waals surface area (Å²) in [5, 5.41) is 4.41. The van der Waals surface area contributed by atoms with Gasteiger partial charge in [0.1, 0.15) is 12.4 Å². The van der Waals surface area contributed by atoms with E-state index in [1.807, 2.05) is 20.8 Å². The number of rotatable bonds is 6.